The molecule has 0 fully saturated rings. The first kappa shape index (κ1) is 18.4. The first-order valence-corrected chi connectivity index (χ1v) is 7.68. The summed E-state index contributed by atoms with van der Waals surface area (Å²) in [5.41, 5.74) is 0.966. The highest BCUT2D eigenvalue weighted by Gasteiger charge is 2.42. The number of nitrogens with one attached hydrogen (secondary N) is 2. The van der Waals surface area contributed by atoms with Gasteiger partial charge in [0.2, 0.25) is 0 Å². The zero-order valence-electron chi connectivity index (χ0n) is 14.2. The van der Waals surface area contributed by atoms with Crippen LogP contribution in [0.2, 0.25) is 0 Å². The molecule has 1 aromatic rings. The van der Waals surface area contributed by atoms with Crippen molar-refractivity contribution in [2.45, 2.75) is 44.8 Å². The van der Waals surface area contributed by atoms with Crippen LogP contribution in [0.1, 0.15) is 32.8 Å². The maximum absolute atomic E-state index is 12.4. The number of hydrogen-bond acceptors (Lipinski definition) is 6. The number of alkyl carbamates (subject to hydrolysis) is 1. The van der Waals surface area contributed by atoms with Crippen molar-refractivity contribution in [3.8, 4) is 0 Å². The molecule has 0 radical (unpaired) electrons. The Balaban J connectivity index is 2.23. The number of hydrogen-bond donors (Lipinski definition) is 2. The van der Waals surface area contributed by atoms with Crippen LogP contribution in [0.4, 0.5) is 10.5 Å². The van der Waals surface area contributed by atoms with Gasteiger partial charge in [0.15, 0.2) is 0 Å². The molecule has 1 aromatic carbocycles. The quantitative estimate of drug-likeness (QED) is 0.635. The minimum atomic E-state index is -1.28. The summed E-state index contributed by atoms with van der Waals surface area (Å²) in [6, 6.07) is 5.81. The Morgan fingerprint density at radius 3 is 2.56 bits per heavy atom. The second kappa shape index (κ2) is 6.88. The predicted molar refractivity (Wildman–Crippen MR) is 90.2 cm³/mol. The van der Waals surface area contributed by atoms with E-state index in [0.717, 1.165) is 0 Å². The molecule has 0 aromatic heterocycles. The zero-order chi connectivity index (χ0) is 18.7. The molecule has 0 saturated heterocycles. The second-order valence-electron chi connectivity index (χ2n) is 6.77. The largest absolute Gasteiger partial charge is 0.444 e. The lowest BCUT2D eigenvalue weighted by atomic mass is 9.86. The lowest BCUT2D eigenvalue weighted by Crippen LogP contribution is -2.61. The molecule has 9 heteroatoms. The highest BCUT2D eigenvalue weighted by Crippen LogP contribution is 2.22. The van der Waals surface area contributed by atoms with Crippen molar-refractivity contribution in [3.05, 3.63) is 39.9 Å². The van der Waals surface area contributed by atoms with Gasteiger partial charge in [-0.3, -0.25) is 14.9 Å². The van der Waals surface area contributed by atoms with Crippen molar-refractivity contribution in [2.24, 2.45) is 5.10 Å². The van der Waals surface area contributed by atoms with Gasteiger partial charge in [-0.2, -0.15) is 5.10 Å². The number of carbonyl (C=O) groups is 2. The van der Waals surface area contributed by atoms with E-state index in [1.165, 1.54) is 18.3 Å². The summed E-state index contributed by atoms with van der Waals surface area (Å²) >= 11 is 0. The molecule has 2 amide bonds. The van der Waals surface area contributed by atoms with Gasteiger partial charge in [-0.25, -0.2) is 10.2 Å². The Hall–Kier alpha value is -2.97. The summed E-state index contributed by atoms with van der Waals surface area (Å²) in [7, 11) is 0. The molecule has 0 saturated carbocycles. The lowest BCUT2D eigenvalue weighted by molar-refractivity contribution is -0.384. The number of ether oxygens (including phenoxy) is 1. The van der Waals surface area contributed by atoms with Crippen LogP contribution in [0, 0.1) is 10.1 Å². The van der Waals surface area contributed by atoms with Crippen LogP contribution >= 0.6 is 0 Å². The number of benzene rings is 1. The lowest BCUT2D eigenvalue weighted by Gasteiger charge is -2.34. The second-order valence-corrected chi connectivity index (χ2v) is 6.77. The molecular weight excluding hydrogens is 328 g/mol. The van der Waals surface area contributed by atoms with Gasteiger partial charge >= 0.3 is 6.09 Å². The number of carbonyl (C=O) groups excluding carboxylic acids is 2. The van der Waals surface area contributed by atoms with Crippen molar-refractivity contribution < 1.29 is 19.2 Å². The third-order valence-corrected chi connectivity index (χ3v) is 3.53. The van der Waals surface area contributed by atoms with Crippen LogP contribution in [-0.4, -0.2) is 34.3 Å². The number of amides is 2. The van der Waals surface area contributed by atoms with Gasteiger partial charge in [0, 0.05) is 31.2 Å². The van der Waals surface area contributed by atoms with Crippen molar-refractivity contribution in [1.82, 2.24) is 10.7 Å². The fourth-order valence-electron chi connectivity index (χ4n) is 2.39. The minimum Gasteiger partial charge on any atom is -0.444 e. The number of rotatable bonds is 4. The summed E-state index contributed by atoms with van der Waals surface area (Å²) in [4.78, 5) is 34.8. The normalized spacial score (nSPS) is 19.9. The molecular formula is C16H20N4O5. The van der Waals surface area contributed by atoms with E-state index in [4.69, 9.17) is 4.74 Å². The fourth-order valence-corrected chi connectivity index (χ4v) is 2.39. The first-order valence-electron chi connectivity index (χ1n) is 7.68. The zero-order valence-corrected chi connectivity index (χ0v) is 14.2. The average Bonchev–Trinajstić information content (AvgIpc) is 2.49. The maximum Gasteiger partial charge on any atom is 0.408 e. The van der Waals surface area contributed by atoms with Crippen LogP contribution < -0.4 is 10.7 Å². The topological polar surface area (TPSA) is 123 Å². The van der Waals surface area contributed by atoms with Gasteiger partial charge in [-0.05, 0) is 26.3 Å². The van der Waals surface area contributed by atoms with E-state index in [0.29, 0.717) is 5.56 Å². The van der Waals surface area contributed by atoms with E-state index >= 15 is 0 Å². The molecule has 2 N–H and O–H groups in total. The first-order chi connectivity index (χ1) is 11.6. The Kier molecular flexibility index (Phi) is 5.05. The van der Waals surface area contributed by atoms with E-state index in [2.05, 4.69) is 15.8 Å². The molecule has 2 rings (SSSR count). The number of nitro groups is 1. The van der Waals surface area contributed by atoms with E-state index in [1.54, 1.807) is 32.9 Å². The standard InChI is InChI=1S/C16H20N4O5/c1-15(2,3)25-14(22)18-16(8-9-17-19-13(16)21)10-11-4-6-12(7-5-11)20(23)24/h4-7,9H,8,10H2,1-3H3,(H,18,22)(H,19,21). The molecule has 1 atom stereocenters. The average molecular weight is 348 g/mol. The highest BCUT2D eigenvalue weighted by atomic mass is 16.6. The van der Waals surface area contributed by atoms with Crippen LogP contribution in [0.25, 0.3) is 0 Å². The van der Waals surface area contributed by atoms with E-state index in [9.17, 15) is 19.7 Å². The van der Waals surface area contributed by atoms with Crippen LogP contribution in [0.3, 0.4) is 0 Å². The highest BCUT2D eigenvalue weighted by molar-refractivity contribution is 5.95. The Morgan fingerprint density at radius 1 is 1.40 bits per heavy atom. The number of hydrazone groups is 1. The summed E-state index contributed by atoms with van der Waals surface area (Å²) < 4.78 is 5.24. The Bertz CT molecular complexity index is 708. The Labute approximate surface area is 144 Å². The molecule has 1 aliphatic heterocycles. The van der Waals surface area contributed by atoms with Crippen molar-refractivity contribution in [1.29, 1.82) is 0 Å². The van der Waals surface area contributed by atoms with Crippen molar-refractivity contribution >= 4 is 23.9 Å². The molecule has 0 bridgehead atoms. The molecule has 1 aliphatic rings. The molecule has 1 heterocycles. The summed E-state index contributed by atoms with van der Waals surface area (Å²) in [5, 5.41) is 17.1. The maximum atomic E-state index is 12.4. The molecule has 0 spiro atoms. The minimum absolute atomic E-state index is 0.0486. The SMILES string of the molecule is CC(C)(C)OC(=O)NC1(Cc2ccc([N+](=O)[O-])cc2)CC=NNC1=O. The van der Waals surface area contributed by atoms with Gasteiger partial charge in [0.25, 0.3) is 11.6 Å². The Morgan fingerprint density at radius 2 is 2.04 bits per heavy atom. The van der Waals surface area contributed by atoms with Gasteiger partial charge in [-0.15, -0.1) is 0 Å². The van der Waals surface area contributed by atoms with E-state index in [1.807, 2.05) is 0 Å². The van der Waals surface area contributed by atoms with Crippen molar-refractivity contribution in [3.63, 3.8) is 0 Å². The molecule has 1 unspecified atom stereocenters. The molecule has 134 valence electrons. The van der Waals surface area contributed by atoms with Gasteiger partial charge in [0.05, 0.1) is 4.92 Å². The third-order valence-electron chi connectivity index (χ3n) is 3.53. The van der Waals surface area contributed by atoms with Crippen LogP contribution in [0.15, 0.2) is 29.4 Å². The number of non-ortho nitro benzene ring substituents is 1. The van der Waals surface area contributed by atoms with Crippen LogP contribution in [0.5, 0.6) is 0 Å². The van der Waals surface area contributed by atoms with Gasteiger partial charge < -0.3 is 10.1 Å². The molecule has 0 aliphatic carbocycles. The third kappa shape index (κ3) is 4.75. The van der Waals surface area contributed by atoms with Gasteiger partial charge in [0.1, 0.15) is 11.1 Å². The summed E-state index contributed by atoms with van der Waals surface area (Å²) in [6.45, 7) is 5.16. The van der Waals surface area contributed by atoms with E-state index < -0.39 is 28.1 Å². The molecule has 25 heavy (non-hydrogen) atoms. The number of nitro benzene ring substituents is 1. The number of nitrogens with zero attached hydrogens (tertiary/aromatic N) is 2. The summed E-state index contributed by atoms with van der Waals surface area (Å²) in [6.07, 6.45) is 1.08. The van der Waals surface area contributed by atoms with Crippen LogP contribution in [-0.2, 0) is 16.0 Å². The smallest absolute Gasteiger partial charge is 0.408 e. The monoisotopic (exact) mass is 348 g/mol. The predicted octanol–water partition coefficient (Wildman–Crippen LogP) is 1.91. The fraction of sp³-hybridized carbons (Fsp3) is 0.438. The summed E-state index contributed by atoms with van der Waals surface area (Å²) in [5.74, 6) is -0.473. The van der Waals surface area contributed by atoms with Gasteiger partial charge in [-0.1, -0.05) is 12.1 Å². The van der Waals surface area contributed by atoms with Crippen molar-refractivity contribution in [2.75, 3.05) is 0 Å². The molecule has 9 nitrogen and oxygen atoms in total. The van der Waals surface area contributed by atoms with E-state index in [-0.39, 0.29) is 18.5 Å².